The van der Waals surface area contributed by atoms with E-state index in [0.29, 0.717) is 21.5 Å². The van der Waals surface area contributed by atoms with Crippen LogP contribution in [0.4, 0.5) is 0 Å². The lowest BCUT2D eigenvalue weighted by molar-refractivity contribution is 0.0965. The van der Waals surface area contributed by atoms with Gasteiger partial charge in [-0.3, -0.25) is 9.78 Å². The lowest BCUT2D eigenvalue weighted by atomic mass is 10.1. The molecule has 0 spiro atoms. The van der Waals surface area contributed by atoms with Crippen LogP contribution in [0.5, 0.6) is 5.75 Å². The Labute approximate surface area is 103 Å². The van der Waals surface area contributed by atoms with Crippen LogP contribution in [0.25, 0.3) is 10.9 Å². The highest BCUT2D eigenvalue weighted by molar-refractivity contribution is 6.31. The summed E-state index contributed by atoms with van der Waals surface area (Å²) in [6.07, 6.45) is 3.27. The van der Waals surface area contributed by atoms with Crippen LogP contribution in [0.3, 0.4) is 0 Å². The van der Waals surface area contributed by atoms with Gasteiger partial charge in [0.2, 0.25) is 0 Å². The Morgan fingerprint density at radius 2 is 2.18 bits per heavy atom. The van der Waals surface area contributed by atoms with Gasteiger partial charge in [0.1, 0.15) is 5.75 Å². The molecule has 1 N–H and O–H groups in total. The summed E-state index contributed by atoms with van der Waals surface area (Å²) in [5.74, 6) is 0.0860. The molecule has 0 aliphatic heterocycles. The Hall–Kier alpha value is -1.61. The third-order valence-electron chi connectivity index (χ3n) is 3.02. The molecule has 1 saturated carbocycles. The fraction of sp³-hybridized carbons (Fsp3) is 0.231. The number of carbonyl (C=O) groups excluding carboxylic acids is 1. The van der Waals surface area contributed by atoms with Gasteiger partial charge >= 0.3 is 0 Å². The topological polar surface area (TPSA) is 50.2 Å². The summed E-state index contributed by atoms with van der Waals surface area (Å²) >= 11 is 5.85. The van der Waals surface area contributed by atoms with Crippen molar-refractivity contribution in [2.24, 2.45) is 5.92 Å². The van der Waals surface area contributed by atoms with Gasteiger partial charge in [-0.05, 0) is 31.0 Å². The highest BCUT2D eigenvalue weighted by Gasteiger charge is 2.32. The number of carbonyl (C=O) groups is 1. The molecule has 4 heteroatoms. The monoisotopic (exact) mass is 247 g/mol. The first-order valence-corrected chi connectivity index (χ1v) is 5.86. The molecule has 0 radical (unpaired) electrons. The molecule has 0 atom stereocenters. The van der Waals surface area contributed by atoms with E-state index in [1.165, 1.54) is 6.20 Å². The van der Waals surface area contributed by atoms with E-state index in [9.17, 15) is 9.90 Å². The van der Waals surface area contributed by atoms with Crippen LogP contribution in [0.1, 0.15) is 23.2 Å². The maximum Gasteiger partial charge on any atom is 0.171 e. The number of hydrogen-bond donors (Lipinski definition) is 1. The SMILES string of the molecule is O=C(c1cnc2cc(Cl)ccc2c1O)C1CC1. The number of halogens is 1. The number of ketones is 1. The van der Waals surface area contributed by atoms with E-state index in [0.717, 1.165) is 12.8 Å². The van der Waals surface area contributed by atoms with Crippen molar-refractivity contribution in [3.63, 3.8) is 0 Å². The minimum absolute atomic E-state index is 0.00755. The molecule has 2 aromatic rings. The van der Waals surface area contributed by atoms with Gasteiger partial charge in [-0.2, -0.15) is 0 Å². The van der Waals surface area contributed by atoms with E-state index in [4.69, 9.17) is 11.6 Å². The average Bonchev–Trinajstić information content (AvgIpc) is 3.12. The van der Waals surface area contributed by atoms with Crippen molar-refractivity contribution < 1.29 is 9.90 Å². The number of rotatable bonds is 2. The third kappa shape index (κ3) is 1.76. The van der Waals surface area contributed by atoms with Crippen LogP contribution in [-0.2, 0) is 0 Å². The first-order chi connectivity index (χ1) is 8.16. The Kier molecular flexibility index (Phi) is 2.30. The number of Topliss-reactive ketones (excluding diaryl/α,β-unsaturated/α-hetero) is 1. The molecule has 0 saturated heterocycles. The van der Waals surface area contributed by atoms with E-state index in [1.54, 1.807) is 18.2 Å². The second-order valence-corrected chi connectivity index (χ2v) is 4.76. The standard InChI is InChI=1S/C13H10ClNO2/c14-8-3-4-9-11(5-8)15-6-10(13(9)17)12(16)7-1-2-7/h3-7H,1-2H2,(H,15,17). The van der Waals surface area contributed by atoms with E-state index in [-0.39, 0.29) is 17.5 Å². The second kappa shape index (κ2) is 3.70. The van der Waals surface area contributed by atoms with E-state index < -0.39 is 0 Å². The summed E-state index contributed by atoms with van der Waals surface area (Å²) in [6.45, 7) is 0. The molecule has 1 aromatic carbocycles. The largest absolute Gasteiger partial charge is 0.506 e. The van der Waals surface area contributed by atoms with Crippen LogP contribution in [0, 0.1) is 5.92 Å². The van der Waals surface area contributed by atoms with Gasteiger partial charge in [0.15, 0.2) is 5.78 Å². The zero-order valence-electron chi connectivity index (χ0n) is 8.98. The summed E-state index contributed by atoms with van der Waals surface area (Å²) < 4.78 is 0. The molecule has 3 nitrogen and oxygen atoms in total. The summed E-state index contributed by atoms with van der Waals surface area (Å²) in [5, 5.41) is 11.2. The predicted molar refractivity (Wildman–Crippen MR) is 65.5 cm³/mol. The Morgan fingerprint density at radius 3 is 2.88 bits per heavy atom. The maximum atomic E-state index is 11.9. The first kappa shape index (κ1) is 10.5. The zero-order chi connectivity index (χ0) is 12.0. The highest BCUT2D eigenvalue weighted by Crippen LogP contribution is 2.37. The lowest BCUT2D eigenvalue weighted by Gasteiger charge is -2.06. The minimum atomic E-state index is -0.00755. The van der Waals surface area contributed by atoms with Crippen LogP contribution >= 0.6 is 11.6 Å². The van der Waals surface area contributed by atoms with Crippen molar-refractivity contribution in [2.45, 2.75) is 12.8 Å². The molecule has 3 rings (SSSR count). The van der Waals surface area contributed by atoms with Crippen molar-refractivity contribution in [1.29, 1.82) is 0 Å². The summed E-state index contributed by atoms with van der Waals surface area (Å²) in [6, 6.07) is 5.03. The molecule has 0 unspecified atom stereocenters. The quantitative estimate of drug-likeness (QED) is 0.830. The van der Waals surface area contributed by atoms with Gasteiger partial charge in [-0.15, -0.1) is 0 Å². The average molecular weight is 248 g/mol. The van der Waals surface area contributed by atoms with Crippen molar-refractivity contribution in [3.05, 3.63) is 35.0 Å². The Balaban J connectivity index is 2.18. The van der Waals surface area contributed by atoms with Gasteiger partial charge in [0.05, 0.1) is 11.1 Å². The Morgan fingerprint density at radius 1 is 1.41 bits per heavy atom. The fourth-order valence-corrected chi connectivity index (χ4v) is 2.06. The molecular formula is C13H10ClNO2. The van der Waals surface area contributed by atoms with Crippen LogP contribution < -0.4 is 0 Å². The van der Waals surface area contributed by atoms with Crippen LogP contribution in [-0.4, -0.2) is 15.9 Å². The summed E-state index contributed by atoms with van der Waals surface area (Å²) in [7, 11) is 0. The Bertz CT molecular complexity index is 620. The molecule has 1 fully saturated rings. The molecule has 1 aliphatic rings. The molecule has 1 aliphatic carbocycles. The van der Waals surface area contributed by atoms with Crippen molar-refractivity contribution in [1.82, 2.24) is 4.98 Å². The van der Waals surface area contributed by atoms with Crippen molar-refractivity contribution in [3.8, 4) is 5.75 Å². The first-order valence-electron chi connectivity index (χ1n) is 5.48. The van der Waals surface area contributed by atoms with E-state index in [1.807, 2.05) is 0 Å². The summed E-state index contributed by atoms with van der Waals surface area (Å²) in [4.78, 5) is 16.1. The van der Waals surface area contributed by atoms with Gasteiger partial charge in [0.25, 0.3) is 0 Å². The molecule has 1 heterocycles. The second-order valence-electron chi connectivity index (χ2n) is 4.32. The van der Waals surface area contributed by atoms with Gasteiger partial charge < -0.3 is 5.11 Å². The molecule has 0 bridgehead atoms. The van der Waals surface area contributed by atoms with Crippen molar-refractivity contribution in [2.75, 3.05) is 0 Å². The number of aromatic nitrogens is 1. The van der Waals surface area contributed by atoms with Crippen molar-refractivity contribution >= 4 is 28.3 Å². The van der Waals surface area contributed by atoms with E-state index >= 15 is 0 Å². The van der Waals surface area contributed by atoms with E-state index in [2.05, 4.69) is 4.98 Å². The van der Waals surface area contributed by atoms with Gasteiger partial charge in [-0.25, -0.2) is 0 Å². The number of hydrogen-bond acceptors (Lipinski definition) is 3. The molecular weight excluding hydrogens is 238 g/mol. The lowest BCUT2D eigenvalue weighted by Crippen LogP contribution is -2.02. The third-order valence-corrected chi connectivity index (χ3v) is 3.25. The number of aromatic hydroxyl groups is 1. The molecule has 0 amide bonds. The number of nitrogens with zero attached hydrogens (tertiary/aromatic N) is 1. The number of pyridine rings is 1. The number of fused-ring (bicyclic) bond motifs is 1. The smallest absolute Gasteiger partial charge is 0.171 e. The summed E-state index contributed by atoms with van der Waals surface area (Å²) in [5.41, 5.74) is 0.921. The molecule has 17 heavy (non-hydrogen) atoms. The maximum absolute atomic E-state index is 11.9. The zero-order valence-corrected chi connectivity index (χ0v) is 9.74. The van der Waals surface area contributed by atoms with Gasteiger partial charge in [0, 0.05) is 22.5 Å². The molecule has 86 valence electrons. The van der Waals surface area contributed by atoms with Crippen LogP contribution in [0.15, 0.2) is 24.4 Å². The van der Waals surface area contributed by atoms with Crippen LogP contribution in [0.2, 0.25) is 5.02 Å². The molecule has 1 aromatic heterocycles. The normalized spacial score (nSPS) is 15.1. The predicted octanol–water partition coefficient (Wildman–Crippen LogP) is 3.19. The van der Waals surface area contributed by atoms with Gasteiger partial charge in [-0.1, -0.05) is 11.6 Å². The number of benzene rings is 1. The minimum Gasteiger partial charge on any atom is -0.506 e. The highest BCUT2D eigenvalue weighted by atomic mass is 35.5. The fourth-order valence-electron chi connectivity index (χ4n) is 1.90.